The minimum absolute atomic E-state index is 0.254. The predicted molar refractivity (Wildman–Crippen MR) is 104 cm³/mol. The molecule has 2 aromatic carbocycles. The highest BCUT2D eigenvalue weighted by Crippen LogP contribution is 2.30. The van der Waals surface area contributed by atoms with Crippen LogP contribution in [0.25, 0.3) is 0 Å². The van der Waals surface area contributed by atoms with E-state index in [0.717, 1.165) is 0 Å². The first kappa shape index (κ1) is 18.3. The molecule has 1 saturated heterocycles. The molecule has 2 atom stereocenters. The molecule has 3 amide bonds. The van der Waals surface area contributed by atoms with Gasteiger partial charge in [-0.3, -0.25) is 14.4 Å². The fraction of sp³-hybridized carbons (Fsp3) is 0.250. The lowest BCUT2D eigenvalue weighted by Crippen LogP contribution is -2.41. The van der Waals surface area contributed by atoms with E-state index < -0.39 is 6.04 Å². The highest BCUT2D eigenvalue weighted by atomic mass is 35.5. The van der Waals surface area contributed by atoms with Gasteiger partial charge in [0.05, 0.1) is 18.4 Å². The number of nitrogens with zero attached hydrogens (tertiary/aromatic N) is 1. The number of rotatable bonds is 3. The normalized spacial score (nSPS) is 20.7. The molecule has 2 aromatic rings. The van der Waals surface area contributed by atoms with E-state index in [4.69, 9.17) is 16.3 Å². The van der Waals surface area contributed by atoms with Crippen molar-refractivity contribution in [2.45, 2.75) is 18.5 Å². The number of hydrogen-bond donors (Lipinski definition) is 2. The van der Waals surface area contributed by atoms with Gasteiger partial charge in [0, 0.05) is 23.2 Å². The summed E-state index contributed by atoms with van der Waals surface area (Å²) in [6, 6.07) is 10.6. The summed E-state index contributed by atoms with van der Waals surface area (Å²) in [4.78, 5) is 39.5. The molecule has 0 aliphatic carbocycles. The first-order valence-electron chi connectivity index (χ1n) is 8.82. The number of carbonyl (C=O) groups is 3. The SMILES string of the molecule is COc1ccc(C(=O)N[C@H]2C[C@H]3C(=O)Nc4cc(Cl)ccc4C(=O)N3C2)cc1. The topological polar surface area (TPSA) is 87.7 Å². The second-order valence-electron chi connectivity index (χ2n) is 6.79. The quantitative estimate of drug-likeness (QED) is 0.829. The molecule has 0 saturated carbocycles. The van der Waals surface area contributed by atoms with Crippen LogP contribution < -0.4 is 15.4 Å². The monoisotopic (exact) mass is 399 g/mol. The van der Waals surface area contributed by atoms with Crippen molar-refractivity contribution in [1.82, 2.24) is 10.2 Å². The van der Waals surface area contributed by atoms with Gasteiger partial charge in [-0.25, -0.2) is 0 Å². The summed E-state index contributed by atoms with van der Waals surface area (Å²) in [6.07, 6.45) is 0.348. The number of halogens is 1. The number of ether oxygens (including phenoxy) is 1. The van der Waals surface area contributed by atoms with Gasteiger partial charge in [-0.15, -0.1) is 0 Å². The van der Waals surface area contributed by atoms with Crippen LogP contribution in [0.15, 0.2) is 42.5 Å². The third-order valence-corrected chi connectivity index (χ3v) is 5.26. The van der Waals surface area contributed by atoms with Crippen LogP contribution >= 0.6 is 11.6 Å². The molecule has 0 radical (unpaired) electrons. The Balaban J connectivity index is 1.51. The van der Waals surface area contributed by atoms with Gasteiger partial charge in [0.2, 0.25) is 5.91 Å². The Labute approximate surface area is 166 Å². The Hall–Kier alpha value is -3.06. The van der Waals surface area contributed by atoms with Gasteiger partial charge in [0.15, 0.2) is 0 Å². The molecule has 0 spiro atoms. The van der Waals surface area contributed by atoms with Gasteiger partial charge in [-0.2, -0.15) is 0 Å². The van der Waals surface area contributed by atoms with Crippen molar-refractivity contribution in [2.75, 3.05) is 19.0 Å². The second-order valence-corrected chi connectivity index (χ2v) is 7.22. The predicted octanol–water partition coefficient (Wildman–Crippen LogP) is 2.31. The summed E-state index contributed by atoms with van der Waals surface area (Å²) in [5.74, 6) is -0.135. The average molecular weight is 400 g/mol. The van der Waals surface area contributed by atoms with Crippen LogP contribution in [0.1, 0.15) is 27.1 Å². The van der Waals surface area contributed by atoms with Crippen molar-refractivity contribution in [1.29, 1.82) is 0 Å². The second kappa shape index (κ2) is 7.16. The van der Waals surface area contributed by atoms with E-state index in [1.165, 1.54) is 4.90 Å². The summed E-state index contributed by atoms with van der Waals surface area (Å²) in [5, 5.41) is 6.12. The van der Waals surface area contributed by atoms with E-state index in [1.807, 2.05) is 0 Å². The smallest absolute Gasteiger partial charge is 0.256 e. The minimum Gasteiger partial charge on any atom is -0.497 e. The number of amides is 3. The summed E-state index contributed by atoms with van der Waals surface area (Å²) < 4.78 is 5.09. The summed E-state index contributed by atoms with van der Waals surface area (Å²) in [6.45, 7) is 0.265. The van der Waals surface area contributed by atoms with Crippen LogP contribution in [0.4, 0.5) is 5.69 Å². The van der Waals surface area contributed by atoms with Gasteiger partial charge in [-0.05, 0) is 48.9 Å². The Kier molecular flexibility index (Phi) is 4.68. The average Bonchev–Trinajstić information content (AvgIpc) is 3.08. The molecule has 28 heavy (non-hydrogen) atoms. The van der Waals surface area contributed by atoms with Crippen LogP contribution in [-0.2, 0) is 4.79 Å². The van der Waals surface area contributed by atoms with Crippen LogP contribution in [-0.4, -0.2) is 48.4 Å². The van der Waals surface area contributed by atoms with Crippen molar-refractivity contribution < 1.29 is 19.1 Å². The Morgan fingerprint density at radius 1 is 1.21 bits per heavy atom. The number of anilines is 1. The molecule has 7 nitrogen and oxygen atoms in total. The van der Waals surface area contributed by atoms with Gasteiger partial charge < -0.3 is 20.3 Å². The summed E-state index contributed by atoms with van der Waals surface area (Å²) in [5.41, 5.74) is 1.29. The molecule has 4 rings (SSSR count). The number of nitrogens with one attached hydrogen (secondary N) is 2. The molecule has 0 aromatic heterocycles. The molecule has 2 N–H and O–H groups in total. The molecular weight excluding hydrogens is 382 g/mol. The fourth-order valence-electron chi connectivity index (χ4n) is 3.60. The van der Waals surface area contributed by atoms with Crippen molar-refractivity contribution in [3.8, 4) is 5.75 Å². The van der Waals surface area contributed by atoms with E-state index in [0.29, 0.717) is 34.0 Å². The van der Waals surface area contributed by atoms with Crippen LogP contribution in [0.3, 0.4) is 0 Å². The number of fused-ring (bicyclic) bond motifs is 2. The van der Waals surface area contributed by atoms with Crippen LogP contribution in [0.5, 0.6) is 5.75 Å². The molecule has 144 valence electrons. The largest absolute Gasteiger partial charge is 0.497 e. The molecule has 2 heterocycles. The highest BCUT2D eigenvalue weighted by molar-refractivity contribution is 6.31. The standard InChI is InChI=1S/C20H18ClN3O4/c1-28-14-5-2-11(3-6-14)18(25)22-13-9-17-19(26)23-16-8-12(21)4-7-15(16)20(27)24(17)10-13/h2-8,13,17H,9-10H2,1H3,(H,22,25)(H,23,26)/t13-,17-/m0/s1. The lowest BCUT2D eigenvalue weighted by Gasteiger charge is -2.20. The van der Waals surface area contributed by atoms with Gasteiger partial charge in [0.25, 0.3) is 11.8 Å². The molecule has 2 aliphatic rings. The number of benzene rings is 2. The first-order chi connectivity index (χ1) is 13.5. The lowest BCUT2D eigenvalue weighted by molar-refractivity contribution is -0.119. The van der Waals surface area contributed by atoms with Gasteiger partial charge >= 0.3 is 0 Å². The summed E-state index contributed by atoms with van der Waals surface area (Å²) in [7, 11) is 1.56. The van der Waals surface area contributed by atoms with E-state index >= 15 is 0 Å². The fourth-order valence-corrected chi connectivity index (χ4v) is 3.77. The maximum absolute atomic E-state index is 12.9. The van der Waals surface area contributed by atoms with E-state index in [2.05, 4.69) is 10.6 Å². The Morgan fingerprint density at radius 3 is 2.68 bits per heavy atom. The van der Waals surface area contributed by atoms with Crippen molar-refractivity contribution in [3.05, 3.63) is 58.6 Å². The minimum atomic E-state index is -0.639. The Bertz CT molecular complexity index is 960. The van der Waals surface area contributed by atoms with Gasteiger partial charge in [0.1, 0.15) is 11.8 Å². The van der Waals surface area contributed by atoms with Crippen LogP contribution in [0.2, 0.25) is 5.02 Å². The lowest BCUT2D eigenvalue weighted by atomic mass is 10.1. The molecule has 1 fully saturated rings. The molecule has 8 heteroatoms. The Morgan fingerprint density at radius 2 is 1.96 bits per heavy atom. The maximum Gasteiger partial charge on any atom is 0.256 e. The molecule has 0 bridgehead atoms. The first-order valence-corrected chi connectivity index (χ1v) is 9.20. The zero-order chi connectivity index (χ0) is 19.8. The van der Waals surface area contributed by atoms with E-state index in [-0.39, 0.29) is 30.3 Å². The van der Waals surface area contributed by atoms with Crippen molar-refractivity contribution in [2.24, 2.45) is 0 Å². The summed E-state index contributed by atoms with van der Waals surface area (Å²) >= 11 is 5.97. The third-order valence-electron chi connectivity index (χ3n) is 5.02. The molecular formula is C20H18ClN3O4. The van der Waals surface area contributed by atoms with Gasteiger partial charge in [-0.1, -0.05) is 11.6 Å². The van der Waals surface area contributed by atoms with E-state index in [9.17, 15) is 14.4 Å². The molecule has 0 unspecified atom stereocenters. The number of carbonyl (C=O) groups excluding carboxylic acids is 3. The number of hydrogen-bond acceptors (Lipinski definition) is 4. The van der Waals surface area contributed by atoms with Crippen molar-refractivity contribution in [3.63, 3.8) is 0 Å². The van der Waals surface area contributed by atoms with Crippen LogP contribution in [0, 0.1) is 0 Å². The highest BCUT2D eigenvalue weighted by Gasteiger charge is 2.43. The zero-order valence-electron chi connectivity index (χ0n) is 15.1. The molecule has 2 aliphatic heterocycles. The van der Waals surface area contributed by atoms with Crippen molar-refractivity contribution >= 4 is 35.0 Å². The number of methoxy groups -OCH3 is 1. The maximum atomic E-state index is 12.9. The van der Waals surface area contributed by atoms with E-state index in [1.54, 1.807) is 49.6 Å². The zero-order valence-corrected chi connectivity index (χ0v) is 15.8. The third kappa shape index (κ3) is 3.29.